The highest BCUT2D eigenvalue weighted by Gasteiger charge is 2.56. The van der Waals surface area contributed by atoms with Crippen LogP contribution in [0.3, 0.4) is 0 Å². The van der Waals surface area contributed by atoms with E-state index in [1.165, 1.54) is 0 Å². The Morgan fingerprint density at radius 3 is 2.65 bits per heavy atom. The Labute approximate surface area is 133 Å². The van der Waals surface area contributed by atoms with E-state index in [1.807, 2.05) is 0 Å². The number of aliphatic hydroxyl groups excluding tert-OH is 2. The largest absolute Gasteiger partial charge is 0.459 e. The maximum atomic E-state index is 11.8. The van der Waals surface area contributed by atoms with Crippen molar-refractivity contribution in [3.63, 3.8) is 0 Å². The lowest BCUT2D eigenvalue weighted by Gasteiger charge is -2.25. The van der Waals surface area contributed by atoms with Gasteiger partial charge in [0.2, 0.25) is 0 Å². The van der Waals surface area contributed by atoms with Gasteiger partial charge >= 0.3 is 5.97 Å². The quantitative estimate of drug-likeness (QED) is 0.776. The van der Waals surface area contributed by atoms with Crippen LogP contribution in [0, 0.1) is 0 Å². The van der Waals surface area contributed by atoms with E-state index in [0.717, 1.165) is 0 Å². The van der Waals surface area contributed by atoms with Gasteiger partial charge in [0.25, 0.3) is 0 Å². The molecule has 0 aliphatic carbocycles. The van der Waals surface area contributed by atoms with Gasteiger partial charge in [-0.05, 0) is 26.0 Å². The fourth-order valence-corrected chi connectivity index (χ4v) is 2.75. The Hall–Kier alpha value is -1.51. The number of hydrogen-bond acceptors (Lipinski definition) is 7. The van der Waals surface area contributed by atoms with Crippen molar-refractivity contribution < 1.29 is 34.0 Å². The second kappa shape index (κ2) is 6.18. The zero-order valence-corrected chi connectivity index (χ0v) is 12.9. The molecule has 2 heterocycles. The highest BCUT2D eigenvalue weighted by molar-refractivity contribution is 5.89. The van der Waals surface area contributed by atoms with Crippen LogP contribution in [0.15, 0.2) is 30.3 Å². The summed E-state index contributed by atoms with van der Waals surface area (Å²) in [5, 5.41) is 20.3. The predicted octanol–water partition coefficient (Wildman–Crippen LogP) is 0.442. The lowest BCUT2D eigenvalue weighted by molar-refractivity contribution is -0.227. The molecule has 2 aliphatic rings. The first-order chi connectivity index (χ1) is 10.9. The van der Waals surface area contributed by atoms with Gasteiger partial charge < -0.3 is 29.2 Å². The average Bonchev–Trinajstić information content (AvgIpc) is 2.99. The summed E-state index contributed by atoms with van der Waals surface area (Å²) >= 11 is 0. The van der Waals surface area contributed by atoms with Crippen LogP contribution >= 0.6 is 0 Å². The number of esters is 1. The van der Waals surface area contributed by atoms with Gasteiger partial charge in [0.05, 0.1) is 5.56 Å². The summed E-state index contributed by atoms with van der Waals surface area (Å²) in [7, 11) is 0. The van der Waals surface area contributed by atoms with Crippen molar-refractivity contribution in [2.45, 2.75) is 50.3 Å². The molecular weight excluding hydrogens is 304 g/mol. The molecule has 2 N–H and O–H groups in total. The first kappa shape index (κ1) is 16.4. The molecule has 1 aromatic carbocycles. The van der Waals surface area contributed by atoms with Crippen molar-refractivity contribution >= 4 is 5.97 Å². The monoisotopic (exact) mass is 324 g/mol. The molecule has 0 radical (unpaired) electrons. The Bertz CT molecular complexity index is 559. The number of carbonyl (C=O) groups excluding carboxylic acids is 1. The lowest BCUT2D eigenvalue weighted by Crippen LogP contribution is -2.43. The molecule has 0 bridgehead atoms. The zero-order valence-electron chi connectivity index (χ0n) is 12.9. The number of benzene rings is 1. The maximum absolute atomic E-state index is 11.8. The normalized spacial score (nSPS) is 33.2. The smallest absolute Gasteiger partial charge is 0.338 e. The van der Waals surface area contributed by atoms with E-state index in [9.17, 15) is 15.0 Å². The Balaban J connectivity index is 1.54. The van der Waals surface area contributed by atoms with E-state index in [0.29, 0.717) is 5.56 Å². The minimum absolute atomic E-state index is 0.293. The molecule has 0 amide bonds. The molecule has 3 rings (SSSR count). The highest BCUT2D eigenvalue weighted by atomic mass is 16.8. The third-order valence-electron chi connectivity index (χ3n) is 3.83. The Morgan fingerprint density at radius 1 is 1.30 bits per heavy atom. The van der Waals surface area contributed by atoms with E-state index in [2.05, 4.69) is 0 Å². The maximum Gasteiger partial charge on any atom is 0.338 e. The summed E-state index contributed by atoms with van der Waals surface area (Å²) in [5.41, 5.74) is 0.387. The van der Waals surface area contributed by atoms with Gasteiger partial charge in [-0.3, -0.25) is 0 Å². The van der Waals surface area contributed by atoms with Crippen LogP contribution < -0.4 is 0 Å². The summed E-state index contributed by atoms with van der Waals surface area (Å²) in [4.78, 5) is 11.8. The van der Waals surface area contributed by atoms with Crippen molar-refractivity contribution in [2.75, 3.05) is 6.61 Å². The van der Waals surface area contributed by atoms with Crippen LogP contribution in [0.5, 0.6) is 0 Å². The average molecular weight is 324 g/mol. The van der Waals surface area contributed by atoms with Crippen LogP contribution in [0.25, 0.3) is 0 Å². The standard InChI is InChI=1S/C16H20O7/c1-16(2)22-13-11(18)12(21-15(13)23-16)10(17)8-20-14(19)9-6-4-3-5-7-9/h3-7,10-13,15,17-18H,8H2,1-2H3. The Morgan fingerprint density at radius 2 is 2.00 bits per heavy atom. The van der Waals surface area contributed by atoms with Gasteiger partial charge in [0.1, 0.15) is 31.0 Å². The molecule has 1 aromatic rings. The van der Waals surface area contributed by atoms with Gasteiger partial charge in [-0.2, -0.15) is 0 Å². The fraction of sp³-hybridized carbons (Fsp3) is 0.562. The molecule has 23 heavy (non-hydrogen) atoms. The van der Waals surface area contributed by atoms with E-state index in [4.69, 9.17) is 18.9 Å². The minimum atomic E-state index is -1.18. The van der Waals surface area contributed by atoms with Gasteiger partial charge in [-0.15, -0.1) is 0 Å². The van der Waals surface area contributed by atoms with Gasteiger partial charge in [-0.25, -0.2) is 4.79 Å². The minimum Gasteiger partial charge on any atom is -0.459 e. The highest BCUT2D eigenvalue weighted by Crippen LogP contribution is 2.38. The second-order valence-corrected chi connectivity index (χ2v) is 6.09. The molecule has 2 aliphatic heterocycles. The van der Waals surface area contributed by atoms with Crippen molar-refractivity contribution in [3.05, 3.63) is 35.9 Å². The first-order valence-corrected chi connectivity index (χ1v) is 7.47. The summed E-state index contributed by atoms with van der Waals surface area (Å²) < 4.78 is 21.6. The number of ether oxygens (including phenoxy) is 4. The van der Waals surface area contributed by atoms with E-state index >= 15 is 0 Å². The van der Waals surface area contributed by atoms with Gasteiger partial charge in [0, 0.05) is 0 Å². The van der Waals surface area contributed by atoms with Crippen LogP contribution in [-0.4, -0.2) is 59.3 Å². The fourth-order valence-electron chi connectivity index (χ4n) is 2.75. The van der Waals surface area contributed by atoms with Crippen LogP contribution in [-0.2, 0) is 18.9 Å². The third kappa shape index (κ3) is 3.39. The summed E-state index contributed by atoms with van der Waals surface area (Å²) in [6, 6.07) is 8.45. The molecule has 5 atom stereocenters. The molecule has 126 valence electrons. The van der Waals surface area contributed by atoms with Gasteiger partial charge in [-0.1, -0.05) is 18.2 Å². The first-order valence-electron chi connectivity index (χ1n) is 7.47. The molecule has 2 fully saturated rings. The number of aliphatic hydroxyl groups is 2. The predicted molar refractivity (Wildman–Crippen MR) is 77.4 cm³/mol. The Kier molecular flexibility index (Phi) is 4.39. The van der Waals surface area contributed by atoms with Crippen LogP contribution in [0.4, 0.5) is 0 Å². The second-order valence-electron chi connectivity index (χ2n) is 6.09. The summed E-state index contributed by atoms with van der Waals surface area (Å²) in [6.07, 6.45) is -4.60. The molecule has 0 spiro atoms. The number of fused-ring (bicyclic) bond motifs is 1. The zero-order chi connectivity index (χ0) is 16.6. The van der Waals surface area contributed by atoms with E-state index in [1.54, 1.807) is 44.2 Å². The van der Waals surface area contributed by atoms with Crippen molar-refractivity contribution in [1.29, 1.82) is 0 Å². The molecule has 7 nitrogen and oxygen atoms in total. The summed E-state index contributed by atoms with van der Waals surface area (Å²) in [6.45, 7) is 3.14. The van der Waals surface area contributed by atoms with Crippen molar-refractivity contribution in [1.82, 2.24) is 0 Å². The number of rotatable bonds is 4. The lowest BCUT2D eigenvalue weighted by atomic mass is 10.1. The van der Waals surface area contributed by atoms with Crippen molar-refractivity contribution in [3.8, 4) is 0 Å². The number of carbonyl (C=O) groups is 1. The van der Waals surface area contributed by atoms with Crippen LogP contribution in [0.1, 0.15) is 24.2 Å². The third-order valence-corrected chi connectivity index (χ3v) is 3.83. The molecule has 0 saturated carbocycles. The molecule has 5 unspecified atom stereocenters. The van der Waals surface area contributed by atoms with Gasteiger partial charge in [0.15, 0.2) is 12.1 Å². The molecular formula is C16H20O7. The topological polar surface area (TPSA) is 94.5 Å². The summed E-state index contributed by atoms with van der Waals surface area (Å²) in [5.74, 6) is -1.39. The van der Waals surface area contributed by atoms with Crippen molar-refractivity contribution in [2.24, 2.45) is 0 Å². The number of hydrogen-bond donors (Lipinski definition) is 2. The van der Waals surface area contributed by atoms with Crippen LogP contribution in [0.2, 0.25) is 0 Å². The molecule has 2 saturated heterocycles. The van der Waals surface area contributed by atoms with E-state index in [-0.39, 0.29) is 6.61 Å². The van der Waals surface area contributed by atoms with E-state index < -0.39 is 42.5 Å². The SMILES string of the molecule is CC1(C)OC2OC(C(O)COC(=O)c3ccccc3)C(O)C2O1. The molecule has 0 aromatic heterocycles. The molecule has 7 heteroatoms.